The molecular weight excluding hydrogens is 622 g/mol. The zero-order valence-corrected chi connectivity index (χ0v) is 26.3. The highest BCUT2D eigenvalue weighted by atomic mass is 32.2. The van der Waals surface area contributed by atoms with Gasteiger partial charge < -0.3 is 51.4 Å². The number of benzene rings is 2. The molecule has 46 heavy (non-hydrogen) atoms. The number of fused-ring (bicyclic) bond motifs is 3. The fourth-order valence-electron chi connectivity index (χ4n) is 6.31. The summed E-state index contributed by atoms with van der Waals surface area (Å²) in [5.74, 6) is -4.18. The molecule has 0 saturated carbocycles. The number of hydrogen-bond donors (Lipinski definition) is 7. The van der Waals surface area contributed by atoms with E-state index in [9.17, 15) is 39.6 Å². The molecule has 7 atom stereocenters. The van der Waals surface area contributed by atoms with Crippen LogP contribution < -0.4 is 21.5 Å². The second-order valence-corrected chi connectivity index (χ2v) is 12.8. The lowest BCUT2D eigenvalue weighted by Crippen LogP contribution is -2.53. The molecule has 0 radical (unpaired) electrons. The zero-order valence-electron chi connectivity index (χ0n) is 25.4. The van der Waals surface area contributed by atoms with Crippen LogP contribution in [0.3, 0.4) is 0 Å². The van der Waals surface area contributed by atoms with Gasteiger partial charge in [0.2, 0.25) is 11.7 Å². The lowest BCUT2D eigenvalue weighted by atomic mass is 9.72. The van der Waals surface area contributed by atoms with E-state index in [0.29, 0.717) is 0 Å². The Balaban J connectivity index is 1.59. The van der Waals surface area contributed by atoms with Crippen LogP contribution in [0.4, 0.5) is 0 Å². The number of amides is 1. The summed E-state index contributed by atoms with van der Waals surface area (Å²) in [7, 11) is 2.87. The fraction of sp³-hybridized carbons (Fsp3) is 0.484. The summed E-state index contributed by atoms with van der Waals surface area (Å²) < 4.78 is 17.3. The number of aromatic hydroxyl groups is 2. The van der Waals surface area contributed by atoms with Crippen LogP contribution >= 0.6 is 11.8 Å². The van der Waals surface area contributed by atoms with Crippen LogP contribution in [-0.4, -0.2) is 106 Å². The van der Waals surface area contributed by atoms with E-state index in [2.05, 4.69) is 5.32 Å². The lowest BCUT2D eigenvalue weighted by Gasteiger charge is -2.42. The fourth-order valence-corrected chi connectivity index (χ4v) is 7.45. The maximum atomic E-state index is 13.8. The van der Waals surface area contributed by atoms with Gasteiger partial charge in [-0.2, -0.15) is 11.8 Å². The number of ether oxygens (including phenoxy) is 3. The number of phenols is 2. The zero-order chi connectivity index (χ0) is 33.7. The van der Waals surface area contributed by atoms with E-state index in [1.807, 2.05) is 0 Å². The Bertz CT molecular complexity index is 1590. The number of thioether (sulfide) groups is 1. The molecule has 0 spiro atoms. The summed E-state index contributed by atoms with van der Waals surface area (Å²) in [4.78, 5) is 52.7. The van der Waals surface area contributed by atoms with Crippen molar-refractivity contribution in [3.8, 4) is 17.2 Å². The number of primary amides is 1. The highest BCUT2D eigenvalue weighted by Gasteiger charge is 2.50. The van der Waals surface area contributed by atoms with Gasteiger partial charge in [-0.15, -0.1) is 0 Å². The number of carbonyl (C=O) groups excluding carboxylic acids is 4. The number of phenolic OH excluding ortho intramolecular Hbond substituents is 2. The number of aliphatic hydroxyl groups excluding tert-OH is 1. The minimum Gasteiger partial charge on any atom is -0.507 e. The SMILES string of the molecule is CN[C@@H](CSCC(=O)C1(O)Cc2c(O)c3c(c(O)c2C(OC2CC(N)C(O)C(C)O2)C1)C(=O)c1c(OC)cccc1C3=O)C(N)=O. The van der Waals surface area contributed by atoms with Crippen LogP contribution in [0.2, 0.25) is 0 Å². The van der Waals surface area contributed by atoms with Crippen LogP contribution in [0.25, 0.3) is 0 Å². The third kappa shape index (κ3) is 5.76. The van der Waals surface area contributed by atoms with Gasteiger partial charge >= 0.3 is 0 Å². The number of likely N-dealkylation sites (N-methyl/N-ethyl adjacent to an activating group) is 1. The van der Waals surface area contributed by atoms with Gasteiger partial charge in [0.1, 0.15) is 22.8 Å². The third-order valence-electron chi connectivity index (χ3n) is 8.87. The molecule has 5 rings (SSSR count). The molecule has 0 aromatic heterocycles. The highest BCUT2D eigenvalue weighted by Crippen LogP contribution is 2.52. The number of hydrogen-bond acceptors (Lipinski definition) is 14. The molecule has 14 nitrogen and oxygen atoms in total. The molecule has 1 saturated heterocycles. The molecule has 2 aromatic rings. The van der Waals surface area contributed by atoms with Crippen LogP contribution in [0.15, 0.2) is 18.2 Å². The Labute approximate surface area is 268 Å². The summed E-state index contributed by atoms with van der Waals surface area (Å²) in [5, 5.41) is 48.1. The smallest absolute Gasteiger partial charge is 0.235 e. The Morgan fingerprint density at radius 3 is 2.50 bits per heavy atom. The first kappa shape index (κ1) is 33.8. The molecule has 9 N–H and O–H groups in total. The average Bonchev–Trinajstić information content (AvgIpc) is 3.01. The Kier molecular flexibility index (Phi) is 9.48. The van der Waals surface area contributed by atoms with Gasteiger partial charge in [0.05, 0.1) is 53.9 Å². The third-order valence-corrected chi connectivity index (χ3v) is 9.91. The summed E-state index contributed by atoms with van der Waals surface area (Å²) in [5.41, 5.74) is 7.95. The highest BCUT2D eigenvalue weighted by molar-refractivity contribution is 8.00. The normalized spacial score (nSPS) is 27.7. The van der Waals surface area contributed by atoms with Crippen molar-refractivity contribution in [3.05, 3.63) is 51.6 Å². The molecule has 1 fully saturated rings. The van der Waals surface area contributed by atoms with Gasteiger partial charge in [-0.25, -0.2) is 0 Å². The van der Waals surface area contributed by atoms with Crippen LogP contribution in [-0.2, 0) is 25.5 Å². The Morgan fingerprint density at radius 1 is 1.17 bits per heavy atom. The number of ketones is 3. The number of Topliss-reactive ketones (excluding diaryl/α,β-unsaturated/α-hetero) is 1. The minimum absolute atomic E-state index is 0.0117. The number of aliphatic hydroxyl groups is 2. The van der Waals surface area contributed by atoms with E-state index in [-0.39, 0.29) is 45.9 Å². The van der Waals surface area contributed by atoms with Crippen molar-refractivity contribution in [3.63, 3.8) is 0 Å². The molecule has 248 valence electrons. The van der Waals surface area contributed by atoms with E-state index >= 15 is 0 Å². The van der Waals surface area contributed by atoms with E-state index in [1.165, 1.54) is 25.3 Å². The molecule has 15 heteroatoms. The first-order valence-electron chi connectivity index (χ1n) is 14.7. The van der Waals surface area contributed by atoms with Crippen molar-refractivity contribution in [2.24, 2.45) is 11.5 Å². The summed E-state index contributed by atoms with van der Waals surface area (Å²) in [6.45, 7) is 1.59. The largest absolute Gasteiger partial charge is 0.507 e. The molecule has 3 aliphatic rings. The molecule has 1 amide bonds. The predicted molar refractivity (Wildman–Crippen MR) is 164 cm³/mol. The monoisotopic (exact) mass is 659 g/mol. The van der Waals surface area contributed by atoms with Crippen molar-refractivity contribution in [1.29, 1.82) is 0 Å². The van der Waals surface area contributed by atoms with Crippen LogP contribution in [0, 0.1) is 0 Å². The molecule has 2 aliphatic carbocycles. The van der Waals surface area contributed by atoms with Crippen molar-refractivity contribution in [1.82, 2.24) is 5.32 Å². The maximum Gasteiger partial charge on any atom is 0.235 e. The summed E-state index contributed by atoms with van der Waals surface area (Å²) in [6.07, 6.45) is -5.07. The number of rotatable bonds is 10. The number of carbonyl (C=O) groups is 4. The second kappa shape index (κ2) is 12.9. The summed E-state index contributed by atoms with van der Waals surface area (Å²) >= 11 is 1.05. The number of nitrogens with one attached hydrogen (secondary N) is 1. The minimum atomic E-state index is -2.17. The second-order valence-electron chi connectivity index (χ2n) is 11.8. The maximum absolute atomic E-state index is 13.8. The van der Waals surface area contributed by atoms with Gasteiger partial charge in [0, 0.05) is 47.7 Å². The molecule has 6 unspecified atom stereocenters. The van der Waals surface area contributed by atoms with Crippen LogP contribution in [0.1, 0.15) is 68.8 Å². The van der Waals surface area contributed by atoms with Crippen molar-refractivity contribution in [2.45, 2.75) is 68.5 Å². The molecular formula is C31H37N3O11S. The summed E-state index contributed by atoms with van der Waals surface area (Å²) in [6, 6.07) is 2.92. The Hall–Kier alpha value is -3.57. The van der Waals surface area contributed by atoms with Gasteiger partial charge in [0.25, 0.3) is 0 Å². The number of nitrogens with two attached hydrogens (primary N) is 2. The average molecular weight is 660 g/mol. The van der Waals surface area contributed by atoms with Gasteiger partial charge in [0.15, 0.2) is 17.9 Å². The van der Waals surface area contributed by atoms with Gasteiger partial charge in [-0.1, -0.05) is 12.1 Å². The lowest BCUT2D eigenvalue weighted by molar-refractivity contribution is -0.247. The first-order chi connectivity index (χ1) is 21.7. The predicted octanol–water partition coefficient (Wildman–Crippen LogP) is -0.184. The van der Waals surface area contributed by atoms with Gasteiger partial charge in [-0.05, 0) is 20.0 Å². The molecule has 2 aromatic carbocycles. The first-order valence-corrected chi connectivity index (χ1v) is 15.8. The van der Waals surface area contributed by atoms with E-state index < -0.39 is 101 Å². The van der Waals surface area contributed by atoms with E-state index in [0.717, 1.165) is 11.8 Å². The quantitative estimate of drug-likeness (QED) is 0.140. The van der Waals surface area contributed by atoms with Crippen molar-refractivity contribution >= 4 is 35.0 Å². The van der Waals surface area contributed by atoms with Crippen molar-refractivity contribution < 1.29 is 53.8 Å². The Morgan fingerprint density at radius 2 is 1.87 bits per heavy atom. The van der Waals surface area contributed by atoms with Crippen molar-refractivity contribution in [2.75, 3.05) is 25.7 Å². The molecule has 0 bridgehead atoms. The molecule has 1 heterocycles. The molecule has 1 aliphatic heterocycles. The van der Waals surface area contributed by atoms with Crippen LogP contribution in [0.5, 0.6) is 17.2 Å². The van der Waals surface area contributed by atoms with E-state index in [4.69, 9.17) is 25.7 Å². The number of methoxy groups -OCH3 is 1. The topological polar surface area (TPSA) is 241 Å². The standard InChI is InChI=1S/C31H37N3O11S/c1-12-25(36)15(32)7-20(44-12)45-18-9-31(42,19(35)11-46-10-16(34-2)30(33)41)8-14-22(18)29(40)24-23(27(14)38)26(37)13-5-4-6-17(43-3)21(13)28(24)39/h4-6,12,15-16,18,20,25,34,36,38,40,42H,7-11,32H2,1-3H3,(H2,33,41)/t12?,15?,16-,18?,20?,25?,31?/m0/s1. The van der Waals surface area contributed by atoms with E-state index in [1.54, 1.807) is 14.0 Å². The van der Waals surface area contributed by atoms with Gasteiger partial charge in [-0.3, -0.25) is 19.2 Å².